The zero-order chi connectivity index (χ0) is 16.5. The van der Waals surface area contributed by atoms with E-state index in [0.717, 1.165) is 39.0 Å². The molecular formula is C21H18N2O. The molecule has 2 heterocycles. The molecule has 3 heteroatoms. The van der Waals surface area contributed by atoms with E-state index in [-0.39, 0.29) is 5.41 Å². The first-order valence-corrected chi connectivity index (χ1v) is 8.18. The first-order chi connectivity index (χ1) is 11.6. The smallest absolute Gasteiger partial charge is 0.141 e. The first kappa shape index (κ1) is 13.5. The van der Waals surface area contributed by atoms with E-state index in [1.165, 1.54) is 11.1 Å². The molecular weight excluding hydrogens is 296 g/mol. The van der Waals surface area contributed by atoms with Gasteiger partial charge < -0.3 is 15.5 Å². The van der Waals surface area contributed by atoms with Crippen LogP contribution in [0.5, 0.6) is 0 Å². The normalized spacial score (nSPS) is 15.1. The quantitative estimate of drug-likeness (QED) is 0.418. The Morgan fingerprint density at radius 2 is 1.75 bits per heavy atom. The molecule has 0 saturated carbocycles. The summed E-state index contributed by atoms with van der Waals surface area (Å²) in [5.41, 5.74) is 13.1. The average molecular weight is 314 g/mol. The molecule has 3 nitrogen and oxygen atoms in total. The molecule has 3 N–H and O–H groups in total. The van der Waals surface area contributed by atoms with Crippen LogP contribution in [0.15, 0.2) is 59.0 Å². The van der Waals surface area contributed by atoms with Gasteiger partial charge in [-0.3, -0.25) is 0 Å². The van der Waals surface area contributed by atoms with Gasteiger partial charge in [0.1, 0.15) is 11.2 Å². The number of para-hydroxylation sites is 2. The minimum Gasteiger partial charge on any atom is -0.456 e. The van der Waals surface area contributed by atoms with Crippen molar-refractivity contribution in [1.82, 2.24) is 0 Å². The Morgan fingerprint density at radius 3 is 2.62 bits per heavy atom. The van der Waals surface area contributed by atoms with Crippen LogP contribution in [0.2, 0.25) is 0 Å². The minimum absolute atomic E-state index is 0.196. The van der Waals surface area contributed by atoms with Crippen LogP contribution < -0.4 is 11.1 Å². The molecule has 0 fully saturated rings. The Hall–Kier alpha value is -2.94. The number of anilines is 3. The maximum Gasteiger partial charge on any atom is 0.141 e. The van der Waals surface area contributed by atoms with Gasteiger partial charge in [-0.2, -0.15) is 0 Å². The second kappa shape index (κ2) is 4.32. The van der Waals surface area contributed by atoms with Crippen LogP contribution >= 0.6 is 0 Å². The Morgan fingerprint density at radius 1 is 0.917 bits per heavy atom. The molecule has 0 saturated heterocycles. The maximum atomic E-state index is 6.26. The molecule has 1 aliphatic heterocycles. The van der Waals surface area contributed by atoms with Crippen molar-refractivity contribution in [1.29, 1.82) is 0 Å². The average Bonchev–Trinajstić information content (AvgIpc) is 2.94. The molecule has 5 rings (SSSR count). The third-order valence-corrected chi connectivity index (χ3v) is 5.20. The van der Waals surface area contributed by atoms with E-state index in [1.807, 2.05) is 24.3 Å². The molecule has 0 radical (unpaired) electrons. The van der Waals surface area contributed by atoms with E-state index in [0.29, 0.717) is 0 Å². The van der Waals surface area contributed by atoms with Crippen LogP contribution in [0.4, 0.5) is 17.1 Å². The highest BCUT2D eigenvalue weighted by atomic mass is 16.3. The molecule has 0 amide bonds. The highest BCUT2D eigenvalue weighted by Crippen LogP contribution is 2.50. The summed E-state index contributed by atoms with van der Waals surface area (Å²) in [5.74, 6) is 0. The first-order valence-electron chi connectivity index (χ1n) is 8.18. The van der Waals surface area contributed by atoms with Crippen molar-refractivity contribution in [3.05, 3.63) is 65.7 Å². The third-order valence-electron chi connectivity index (χ3n) is 5.20. The van der Waals surface area contributed by atoms with Crippen LogP contribution in [-0.4, -0.2) is 0 Å². The molecule has 0 spiro atoms. The molecule has 24 heavy (non-hydrogen) atoms. The Bertz CT molecular complexity index is 1120. The number of benzene rings is 3. The summed E-state index contributed by atoms with van der Waals surface area (Å²) in [4.78, 5) is 0. The van der Waals surface area contributed by atoms with Crippen LogP contribution in [0.3, 0.4) is 0 Å². The van der Waals surface area contributed by atoms with Crippen molar-refractivity contribution in [3.8, 4) is 0 Å². The molecule has 118 valence electrons. The number of rotatable bonds is 0. The van der Waals surface area contributed by atoms with Crippen molar-refractivity contribution in [2.24, 2.45) is 0 Å². The molecule has 3 aromatic carbocycles. The van der Waals surface area contributed by atoms with Crippen molar-refractivity contribution < 1.29 is 4.42 Å². The van der Waals surface area contributed by atoms with Gasteiger partial charge in [0.25, 0.3) is 0 Å². The summed E-state index contributed by atoms with van der Waals surface area (Å²) in [6.07, 6.45) is 0. The van der Waals surface area contributed by atoms with Gasteiger partial charge in [-0.25, -0.2) is 0 Å². The van der Waals surface area contributed by atoms with Gasteiger partial charge in [0.2, 0.25) is 0 Å². The monoisotopic (exact) mass is 314 g/mol. The minimum atomic E-state index is -0.196. The zero-order valence-corrected chi connectivity index (χ0v) is 13.7. The maximum absolute atomic E-state index is 6.26. The van der Waals surface area contributed by atoms with E-state index in [1.54, 1.807) is 0 Å². The van der Waals surface area contributed by atoms with E-state index < -0.39 is 0 Å². The van der Waals surface area contributed by atoms with Crippen LogP contribution in [0, 0.1) is 0 Å². The van der Waals surface area contributed by atoms with E-state index in [4.69, 9.17) is 10.2 Å². The summed E-state index contributed by atoms with van der Waals surface area (Å²) < 4.78 is 6.26. The fourth-order valence-corrected chi connectivity index (χ4v) is 4.01. The Labute approximate surface area is 140 Å². The van der Waals surface area contributed by atoms with Gasteiger partial charge in [-0.1, -0.05) is 44.2 Å². The summed E-state index contributed by atoms with van der Waals surface area (Å²) in [6.45, 7) is 4.47. The molecule has 4 aromatic rings. The van der Waals surface area contributed by atoms with Crippen molar-refractivity contribution >= 4 is 39.0 Å². The van der Waals surface area contributed by atoms with Gasteiger partial charge in [-0.15, -0.1) is 0 Å². The van der Waals surface area contributed by atoms with E-state index >= 15 is 0 Å². The third kappa shape index (κ3) is 1.56. The van der Waals surface area contributed by atoms with Gasteiger partial charge in [0.15, 0.2) is 0 Å². The number of nitrogens with one attached hydrogen (secondary N) is 1. The summed E-state index contributed by atoms with van der Waals surface area (Å²) in [6, 6.07) is 18.6. The predicted octanol–water partition coefficient (Wildman–Crippen LogP) is 5.55. The molecule has 0 bridgehead atoms. The highest BCUT2D eigenvalue weighted by molar-refractivity contribution is 6.08. The molecule has 1 aromatic heterocycles. The number of fused-ring (bicyclic) bond motifs is 6. The lowest BCUT2D eigenvalue weighted by atomic mass is 9.73. The van der Waals surface area contributed by atoms with Crippen LogP contribution in [-0.2, 0) is 5.41 Å². The van der Waals surface area contributed by atoms with Crippen molar-refractivity contribution in [3.63, 3.8) is 0 Å². The number of nitrogens with two attached hydrogens (primary N) is 1. The lowest BCUT2D eigenvalue weighted by Gasteiger charge is -2.36. The summed E-state index contributed by atoms with van der Waals surface area (Å²) in [7, 11) is 0. The second-order valence-corrected chi connectivity index (χ2v) is 6.98. The molecule has 1 aliphatic rings. The lowest BCUT2D eigenvalue weighted by Crippen LogP contribution is -2.26. The topological polar surface area (TPSA) is 51.2 Å². The van der Waals surface area contributed by atoms with Gasteiger partial charge in [-0.05, 0) is 29.8 Å². The SMILES string of the molecule is CC1(C)c2cccc(N)c2Nc2ccc3c(oc4ccccc43)c21. The van der Waals surface area contributed by atoms with Crippen LogP contribution in [0.25, 0.3) is 21.9 Å². The summed E-state index contributed by atoms with van der Waals surface area (Å²) >= 11 is 0. The number of furan rings is 1. The summed E-state index contributed by atoms with van der Waals surface area (Å²) in [5, 5.41) is 5.83. The predicted molar refractivity (Wildman–Crippen MR) is 100.0 cm³/mol. The van der Waals surface area contributed by atoms with Gasteiger partial charge in [0.05, 0.1) is 11.4 Å². The highest BCUT2D eigenvalue weighted by Gasteiger charge is 2.36. The van der Waals surface area contributed by atoms with Gasteiger partial charge >= 0.3 is 0 Å². The fourth-order valence-electron chi connectivity index (χ4n) is 4.01. The van der Waals surface area contributed by atoms with E-state index in [9.17, 15) is 0 Å². The Balaban J connectivity index is 1.91. The van der Waals surface area contributed by atoms with Crippen molar-refractivity contribution in [2.75, 3.05) is 11.1 Å². The Kier molecular flexibility index (Phi) is 2.43. The fraction of sp³-hybridized carbons (Fsp3) is 0.143. The largest absolute Gasteiger partial charge is 0.456 e. The molecule has 0 aliphatic carbocycles. The lowest BCUT2D eigenvalue weighted by molar-refractivity contribution is 0.606. The number of hydrogen-bond acceptors (Lipinski definition) is 3. The number of nitrogen functional groups attached to an aromatic ring is 1. The number of hydrogen-bond donors (Lipinski definition) is 2. The van der Waals surface area contributed by atoms with Crippen molar-refractivity contribution in [2.45, 2.75) is 19.3 Å². The molecule has 0 unspecified atom stereocenters. The van der Waals surface area contributed by atoms with E-state index in [2.05, 4.69) is 49.5 Å². The standard InChI is InChI=1S/C21H18N2O/c1-21(2)14-7-5-8-15(22)19(14)23-16-11-10-13-12-6-3-4-9-17(12)24-20(13)18(16)21/h3-11,23H,22H2,1-2H3. The van der Waals surface area contributed by atoms with Gasteiger partial charge in [0, 0.05) is 27.4 Å². The van der Waals surface area contributed by atoms with Crippen LogP contribution in [0.1, 0.15) is 25.0 Å². The second-order valence-electron chi connectivity index (χ2n) is 6.98. The molecule has 0 atom stereocenters. The zero-order valence-electron chi connectivity index (χ0n) is 13.7.